The summed E-state index contributed by atoms with van der Waals surface area (Å²) in [5.41, 5.74) is 5.90. The van der Waals surface area contributed by atoms with Crippen molar-refractivity contribution in [3.05, 3.63) is 101 Å². The van der Waals surface area contributed by atoms with Crippen LogP contribution in [0, 0.1) is 0 Å². The van der Waals surface area contributed by atoms with Crippen LogP contribution >= 0.6 is 11.6 Å². The van der Waals surface area contributed by atoms with Crippen LogP contribution in [-0.2, 0) is 13.1 Å². The van der Waals surface area contributed by atoms with Crippen molar-refractivity contribution >= 4 is 33.5 Å². The van der Waals surface area contributed by atoms with Gasteiger partial charge in [-0.25, -0.2) is 4.98 Å². The highest BCUT2D eigenvalue weighted by Crippen LogP contribution is 2.34. The maximum absolute atomic E-state index is 6.31. The zero-order valence-corrected chi connectivity index (χ0v) is 19.3. The molecule has 3 heterocycles. The molecule has 5 aromatic rings. The number of H-pyrrole nitrogens is 1. The number of likely N-dealkylation sites (tertiary alicyclic amines) is 1. The van der Waals surface area contributed by atoms with Gasteiger partial charge in [-0.2, -0.15) is 0 Å². The van der Waals surface area contributed by atoms with E-state index in [1.54, 1.807) is 0 Å². The summed E-state index contributed by atoms with van der Waals surface area (Å²) in [4.78, 5) is 11.3. The number of para-hydroxylation sites is 1. The van der Waals surface area contributed by atoms with Gasteiger partial charge in [0.2, 0.25) is 0 Å². The molecule has 2 aromatic heterocycles. The molecule has 1 aliphatic rings. The molecule has 1 N–H and O–H groups in total. The number of nitrogens with zero attached hydrogens (tertiary/aromatic N) is 3. The molecule has 0 spiro atoms. The molecule has 33 heavy (non-hydrogen) atoms. The largest absolute Gasteiger partial charge is 0.357 e. The van der Waals surface area contributed by atoms with E-state index in [9.17, 15) is 0 Å². The van der Waals surface area contributed by atoms with E-state index in [2.05, 4.69) is 81.2 Å². The van der Waals surface area contributed by atoms with Crippen molar-refractivity contribution in [1.82, 2.24) is 19.4 Å². The lowest BCUT2D eigenvalue weighted by Crippen LogP contribution is -2.34. The van der Waals surface area contributed by atoms with E-state index < -0.39 is 0 Å². The molecule has 0 amide bonds. The van der Waals surface area contributed by atoms with Gasteiger partial charge in [0.05, 0.1) is 23.6 Å². The van der Waals surface area contributed by atoms with Crippen LogP contribution in [0.4, 0.5) is 0 Å². The number of hydrogen-bond acceptors (Lipinski definition) is 2. The molecule has 3 aromatic carbocycles. The van der Waals surface area contributed by atoms with Gasteiger partial charge in [-0.15, -0.1) is 0 Å². The number of rotatable bonds is 5. The van der Waals surface area contributed by atoms with Gasteiger partial charge in [0.1, 0.15) is 5.82 Å². The van der Waals surface area contributed by atoms with Crippen LogP contribution in [0.1, 0.15) is 42.4 Å². The Labute approximate surface area is 198 Å². The van der Waals surface area contributed by atoms with Gasteiger partial charge in [-0.3, -0.25) is 4.90 Å². The highest BCUT2D eigenvalue weighted by molar-refractivity contribution is 6.31. The first-order valence-corrected chi connectivity index (χ1v) is 12.1. The lowest BCUT2D eigenvalue weighted by Gasteiger charge is -2.35. The fourth-order valence-electron chi connectivity index (χ4n) is 5.21. The Bertz CT molecular complexity index is 1370. The molecule has 1 aliphatic heterocycles. The number of halogens is 1. The summed E-state index contributed by atoms with van der Waals surface area (Å²) in [7, 11) is 0. The second-order valence-electron chi connectivity index (χ2n) is 9.03. The molecule has 1 fully saturated rings. The average molecular weight is 455 g/mol. The number of aromatic nitrogens is 3. The lowest BCUT2D eigenvalue weighted by atomic mass is 9.99. The number of fused-ring (bicyclic) bond motifs is 2. The Morgan fingerprint density at radius 2 is 1.76 bits per heavy atom. The third-order valence-corrected chi connectivity index (χ3v) is 7.08. The molecular formula is C28H27ClN4. The van der Waals surface area contributed by atoms with Crippen LogP contribution in [0.2, 0.25) is 5.02 Å². The number of hydrogen-bond donors (Lipinski definition) is 1. The molecule has 166 valence electrons. The van der Waals surface area contributed by atoms with Crippen molar-refractivity contribution < 1.29 is 0 Å². The van der Waals surface area contributed by atoms with Crippen LogP contribution in [0.15, 0.2) is 78.9 Å². The summed E-state index contributed by atoms with van der Waals surface area (Å²) < 4.78 is 2.36. The molecular weight excluding hydrogens is 428 g/mol. The van der Waals surface area contributed by atoms with Crippen molar-refractivity contribution in [3.63, 3.8) is 0 Å². The summed E-state index contributed by atoms with van der Waals surface area (Å²) >= 11 is 6.31. The summed E-state index contributed by atoms with van der Waals surface area (Å²) in [6, 6.07) is 27.9. The minimum atomic E-state index is 0.375. The first kappa shape index (κ1) is 20.5. The van der Waals surface area contributed by atoms with Crippen LogP contribution in [-0.4, -0.2) is 26.0 Å². The molecule has 4 nitrogen and oxygen atoms in total. The van der Waals surface area contributed by atoms with Gasteiger partial charge < -0.3 is 9.55 Å². The van der Waals surface area contributed by atoms with Crippen LogP contribution in [0.25, 0.3) is 21.9 Å². The normalized spacial score (nSPS) is 17.2. The Balaban J connectivity index is 1.37. The highest BCUT2D eigenvalue weighted by atomic mass is 35.5. The standard InChI is InChI=1S/C28H27ClN4/c29-22-13-14-27-25(17-22)31-28(33(27)18-20-8-2-1-3-9-20)19-32-15-7-6-12-26(32)24-16-21-10-4-5-11-23(21)30-24/h1-5,8-11,13-14,16-17,26,30H,6-7,12,15,18-19H2. The number of nitrogens with one attached hydrogen (secondary N) is 1. The minimum Gasteiger partial charge on any atom is -0.357 e. The topological polar surface area (TPSA) is 36.9 Å². The van der Waals surface area contributed by atoms with Crippen LogP contribution < -0.4 is 0 Å². The molecule has 0 saturated carbocycles. The smallest absolute Gasteiger partial charge is 0.124 e. The molecule has 0 aliphatic carbocycles. The van der Waals surface area contributed by atoms with E-state index in [0.717, 1.165) is 47.9 Å². The van der Waals surface area contributed by atoms with E-state index in [1.165, 1.54) is 35.0 Å². The van der Waals surface area contributed by atoms with Gasteiger partial charge in [-0.05, 0) is 60.7 Å². The van der Waals surface area contributed by atoms with Crippen molar-refractivity contribution in [3.8, 4) is 0 Å². The fraction of sp³-hybridized carbons (Fsp3) is 0.250. The zero-order valence-electron chi connectivity index (χ0n) is 18.5. The van der Waals surface area contributed by atoms with E-state index in [1.807, 2.05) is 12.1 Å². The van der Waals surface area contributed by atoms with Crippen LogP contribution in [0.5, 0.6) is 0 Å². The molecule has 5 heteroatoms. The monoisotopic (exact) mass is 454 g/mol. The van der Waals surface area contributed by atoms with Gasteiger partial charge in [0.15, 0.2) is 0 Å². The van der Waals surface area contributed by atoms with Gasteiger partial charge in [-0.1, -0.05) is 66.6 Å². The Morgan fingerprint density at radius 3 is 2.64 bits per heavy atom. The first-order valence-electron chi connectivity index (χ1n) is 11.7. The van der Waals surface area contributed by atoms with Crippen molar-refractivity contribution in [2.75, 3.05) is 6.54 Å². The van der Waals surface area contributed by atoms with E-state index >= 15 is 0 Å². The maximum Gasteiger partial charge on any atom is 0.124 e. The van der Waals surface area contributed by atoms with Gasteiger partial charge in [0, 0.05) is 22.8 Å². The summed E-state index contributed by atoms with van der Waals surface area (Å²) in [5, 5.41) is 2.01. The summed E-state index contributed by atoms with van der Waals surface area (Å²) in [6.45, 7) is 2.70. The Kier molecular flexibility index (Phi) is 5.41. The quantitative estimate of drug-likeness (QED) is 0.312. The second-order valence-corrected chi connectivity index (χ2v) is 9.46. The Morgan fingerprint density at radius 1 is 0.909 bits per heavy atom. The van der Waals surface area contributed by atoms with Crippen molar-refractivity contribution in [2.45, 2.75) is 38.4 Å². The van der Waals surface area contributed by atoms with E-state index in [0.29, 0.717) is 6.04 Å². The summed E-state index contributed by atoms with van der Waals surface area (Å²) in [5.74, 6) is 1.10. The van der Waals surface area contributed by atoms with Crippen LogP contribution in [0.3, 0.4) is 0 Å². The molecule has 1 unspecified atom stereocenters. The Hall–Kier alpha value is -3.08. The first-order chi connectivity index (χ1) is 16.2. The molecule has 6 rings (SSSR count). The number of benzene rings is 3. The van der Waals surface area contributed by atoms with E-state index in [4.69, 9.17) is 16.6 Å². The SMILES string of the molecule is Clc1ccc2c(c1)nc(CN1CCCCC1c1cc3ccccc3[nH]1)n2Cc1ccccc1. The molecule has 1 atom stereocenters. The molecule has 1 saturated heterocycles. The van der Waals surface area contributed by atoms with Crippen molar-refractivity contribution in [2.24, 2.45) is 0 Å². The minimum absolute atomic E-state index is 0.375. The molecule has 0 radical (unpaired) electrons. The second kappa shape index (κ2) is 8.69. The average Bonchev–Trinajstić information content (AvgIpc) is 3.41. The van der Waals surface area contributed by atoms with Gasteiger partial charge in [0.25, 0.3) is 0 Å². The van der Waals surface area contributed by atoms with Crippen molar-refractivity contribution in [1.29, 1.82) is 0 Å². The predicted molar refractivity (Wildman–Crippen MR) is 136 cm³/mol. The highest BCUT2D eigenvalue weighted by Gasteiger charge is 2.27. The summed E-state index contributed by atoms with van der Waals surface area (Å²) in [6.07, 6.45) is 3.64. The third kappa shape index (κ3) is 4.05. The number of imidazole rings is 1. The van der Waals surface area contributed by atoms with E-state index in [-0.39, 0.29) is 0 Å². The maximum atomic E-state index is 6.31. The molecule has 0 bridgehead atoms. The number of piperidine rings is 1. The predicted octanol–water partition coefficient (Wildman–Crippen LogP) is 6.95. The zero-order chi connectivity index (χ0) is 22.2. The fourth-order valence-corrected chi connectivity index (χ4v) is 5.37. The van der Waals surface area contributed by atoms with Gasteiger partial charge >= 0.3 is 0 Å². The lowest BCUT2D eigenvalue weighted by molar-refractivity contribution is 0.133. The third-order valence-electron chi connectivity index (χ3n) is 6.84. The number of aromatic amines is 1.